The minimum absolute atomic E-state index is 0.623. The zero-order valence-electron chi connectivity index (χ0n) is 10.5. The van der Waals surface area contributed by atoms with E-state index < -0.39 is 0 Å². The molecular weight excluding hydrogens is 297 g/mol. The van der Waals surface area contributed by atoms with Gasteiger partial charge in [-0.15, -0.1) is 11.3 Å². The second kappa shape index (κ2) is 5.74. The number of hydrogen-bond donors (Lipinski definition) is 1. The molecule has 0 bridgehead atoms. The number of halogens is 2. The molecule has 0 saturated heterocycles. The van der Waals surface area contributed by atoms with Crippen LogP contribution in [0.3, 0.4) is 0 Å². The molecule has 2 aromatic rings. The highest BCUT2D eigenvalue weighted by atomic mass is 35.5. The lowest BCUT2D eigenvalue weighted by Crippen LogP contribution is -2.15. The van der Waals surface area contributed by atoms with Crippen molar-refractivity contribution in [2.45, 2.75) is 19.3 Å². The molecule has 4 heteroatoms. The van der Waals surface area contributed by atoms with Crippen molar-refractivity contribution in [3.63, 3.8) is 0 Å². The average Bonchev–Trinajstić information content (AvgIpc) is 2.75. The summed E-state index contributed by atoms with van der Waals surface area (Å²) in [4.78, 5) is 1.48. The fourth-order valence-electron chi connectivity index (χ4n) is 2.56. The molecule has 1 unspecified atom stereocenters. The van der Waals surface area contributed by atoms with E-state index in [1.54, 1.807) is 0 Å². The summed E-state index contributed by atoms with van der Waals surface area (Å²) in [7, 11) is 0. The lowest BCUT2D eigenvalue weighted by Gasteiger charge is -2.15. The van der Waals surface area contributed by atoms with Crippen molar-refractivity contribution in [2.75, 3.05) is 11.9 Å². The van der Waals surface area contributed by atoms with E-state index in [0.29, 0.717) is 10.9 Å². The van der Waals surface area contributed by atoms with Crippen LogP contribution >= 0.6 is 34.5 Å². The second-order valence-corrected chi connectivity index (χ2v) is 6.83. The van der Waals surface area contributed by atoms with Crippen molar-refractivity contribution in [2.24, 2.45) is 5.92 Å². The first-order chi connectivity index (χ1) is 9.22. The van der Waals surface area contributed by atoms with Gasteiger partial charge >= 0.3 is 0 Å². The Labute approximate surface area is 127 Å². The van der Waals surface area contributed by atoms with Crippen LogP contribution in [0.4, 0.5) is 5.69 Å². The summed E-state index contributed by atoms with van der Waals surface area (Å²) in [6.45, 7) is 1.02. The average molecular weight is 312 g/mol. The minimum atomic E-state index is 0.623. The van der Waals surface area contributed by atoms with Crippen molar-refractivity contribution in [1.29, 1.82) is 0 Å². The van der Waals surface area contributed by atoms with E-state index >= 15 is 0 Å². The van der Waals surface area contributed by atoms with E-state index in [2.05, 4.69) is 16.8 Å². The summed E-state index contributed by atoms with van der Waals surface area (Å²) in [6.07, 6.45) is 3.38. The molecule has 0 radical (unpaired) electrons. The molecule has 100 valence electrons. The zero-order chi connectivity index (χ0) is 13.2. The highest BCUT2D eigenvalue weighted by molar-refractivity contribution is 7.10. The first kappa shape index (κ1) is 13.3. The lowest BCUT2D eigenvalue weighted by molar-refractivity contribution is 0.518. The highest BCUT2D eigenvalue weighted by Crippen LogP contribution is 2.31. The predicted octanol–water partition coefficient (Wildman–Crippen LogP) is 5.27. The summed E-state index contributed by atoms with van der Waals surface area (Å²) < 4.78 is 0. The van der Waals surface area contributed by atoms with Gasteiger partial charge in [0.2, 0.25) is 0 Å². The monoisotopic (exact) mass is 311 g/mol. The first-order valence-electron chi connectivity index (χ1n) is 6.46. The summed E-state index contributed by atoms with van der Waals surface area (Å²) >= 11 is 14.0. The maximum Gasteiger partial charge on any atom is 0.0481 e. The number of fused-ring (bicyclic) bond motifs is 1. The topological polar surface area (TPSA) is 12.0 Å². The number of anilines is 1. The largest absolute Gasteiger partial charge is 0.384 e. The van der Waals surface area contributed by atoms with E-state index in [0.717, 1.165) is 24.4 Å². The number of benzene rings is 1. The van der Waals surface area contributed by atoms with Crippen molar-refractivity contribution in [3.8, 4) is 0 Å². The third-order valence-electron chi connectivity index (χ3n) is 3.63. The SMILES string of the molecule is Clc1ccc(CC2CCc3sccc3NC2)c(Cl)c1. The maximum absolute atomic E-state index is 6.25. The Balaban J connectivity index is 1.69. The van der Waals surface area contributed by atoms with Gasteiger partial charge in [-0.1, -0.05) is 29.3 Å². The molecule has 1 atom stereocenters. The fourth-order valence-corrected chi connectivity index (χ4v) is 3.91. The van der Waals surface area contributed by atoms with Gasteiger partial charge in [0.1, 0.15) is 0 Å². The molecule has 19 heavy (non-hydrogen) atoms. The first-order valence-corrected chi connectivity index (χ1v) is 8.10. The normalized spacial score (nSPS) is 18.5. The van der Waals surface area contributed by atoms with E-state index in [4.69, 9.17) is 23.2 Å². The second-order valence-electron chi connectivity index (χ2n) is 4.98. The zero-order valence-corrected chi connectivity index (χ0v) is 12.8. The molecule has 1 aromatic heterocycles. The number of nitrogens with one attached hydrogen (secondary N) is 1. The van der Waals surface area contributed by atoms with Gasteiger partial charge in [0.25, 0.3) is 0 Å². The van der Waals surface area contributed by atoms with Crippen LogP contribution in [0.5, 0.6) is 0 Å². The van der Waals surface area contributed by atoms with Gasteiger partial charge in [-0.05, 0) is 54.3 Å². The molecular formula is C15H15Cl2NS. The van der Waals surface area contributed by atoms with Gasteiger partial charge < -0.3 is 5.32 Å². The third kappa shape index (κ3) is 3.07. The molecule has 1 N–H and O–H groups in total. The lowest BCUT2D eigenvalue weighted by atomic mass is 9.95. The van der Waals surface area contributed by atoms with Crippen LogP contribution in [0.1, 0.15) is 16.9 Å². The summed E-state index contributed by atoms with van der Waals surface area (Å²) in [6, 6.07) is 7.98. The van der Waals surface area contributed by atoms with E-state index in [9.17, 15) is 0 Å². The quantitative estimate of drug-likeness (QED) is 0.796. The van der Waals surface area contributed by atoms with Crippen molar-refractivity contribution < 1.29 is 0 Å². The van der Waals surface area contributed by atoms with Crippen molar-refractivity contribution in [3.05, 3.63) is 50.1 Å². The fraction of sp³-hybridized carbons (Fsp3) is 0.333. The van der Waals surface area contributed by atoms with Crippen LogP contribution in [0.25, 0.3) is 0 Å². The molecule has 3 rings (SSSR count). The molecule has 1 nitrogen and oxygen atoms in total. The van der Waals surface area contributed by atoms with Crippen LogP contribution in [-0.4, -0.2) is 6.54 Å². The Kier molecular flexibility index (Phi) is 4.01. The van der Waals surface area contributed by atoms with Crippen molar-refractivity contribution in [1.82, 2.24) is 0 Å². The van der Waals surface area contributed by atoms with Crippen molar-refractivity contribution >= 4 is 40.2 Å². The minimum Gasteiger partial charge on any atom is -0.384 e. The van der Waals surface area contributed by atoms with Gasteiger partial charge in [0, 0.05) is 27.2 Å². The molecule has 1 aliphatic rings. The van der Waals surface area contributed by atoms with Crippen LogP contribution < -0.4 is 5.32 Å². The van der Waals surface area contributed by atoms with E-state index in [1.807, 2.05) is 29.5 Å². The van der Waals surface area contributed by atoms with E-state index in [-0.39, 0.29) is 0 Å². The van der Waals surface area contributed by atoms with Gasteiger partial charge in [0.15, 0.2) is 0 Å². The summed E-state index contributed by atoms with van der Waals surface area (Å²) in [5, 5.41) is 7.20. The van der Waals surface area contributed by atoms with Crippen LogP contribution in [0.2, 0.25) is 10.0 Å². The smallest absolute Gasteiger partial charge is 0.0481 e. The van der Waals surface area contributed by atoms with Gasteiger partial charge in [-0.3, -0.25) is 0 Å². The summed E-state index contributed by atoms with van der Waals surface area (Å²) in [5.41, 5.74) is 2.51. The molecule has 0 spiro atoms. The Morgan fingerprint density at radius 1 is 1.26 bits per heavy atom. The Morgan fingerprint density at radius 3 is 3.00 bits per heavy atom. The number of hydrogen-bond acceptors (Lipinski definition) is 2. The number of aryl methyl sites for hydroxylation is 1. The maximum atomic E-state index is 6.25. The van der Waals surface area contributed by atoms with Gasteiger partial charge in [0.05, 0.1) is 0 Å². The van der Waals surface area contributed by atoms with E-state index in [1.165, 1.54) is 22.5 Å². The molecule has 2 heterocycles. The molecule has 0 aliphatic carbocycles. The van der Waals surface area contributed by atoms with Gasteiger partial charge in [-0.25, -0.2) is 0 Å². The number of thiophene rings is 1. The molecule has 0 fully saturated rings. The molecule has 1 aliphatic heterocycles. The standard InChI is InChI=1S/C15H15Cl2NS/c16-12-3-2-11(13(17)8-12)7-10-1-4-15-14(18-9-10)5-6-19-15/h2-3,5-6,8,10,18H,1,4,7,9H2. The number of rotatable bonds is 2. The molecule has 0 amide bonds. The van der Waals surface area contributed by atoms with Crippen LogP contribution in [0, 0.1) is 5.92 Å². The summed E-state index contributed by atoms with van der Waals surface area (Å²) in [5.74, 6) is 0.623. The Morgan fingerprint density at radius 2 is 2.16 bits per heavy atom. The predicted molar refractivity (Wildman–Crippen MR) is 84.8 cm³/mol. The highest BCUT2D eigenvalue weighted by Gasteiger charge is 2.17. The Bertz CT molecular complexity index is 557. The Hall–Kier alpha value is -0.700. The van der Waals surface area contributed by atoms with Crippen LogP contribution in [-0.2, 0) is 12.8 Å². The molecule has 1 aromatic carbocycles. The molecule has 0 saturated carbocycles. The van der Waals surface area contributed by atoms with Gasteiger partial charge in [-0.2, -0.15) is 0 Å². The van der Waals surface area contributed by atoms with Crippen LogP contribution in [0.15, 0.2) is 29.6 Å². The third-order valence-corrected chi connectivity index (χ3v) is 5.20.